The summed E-state index contributed by atoms with van der Waals surface area (Å²) in [5.41, 5.74) is 0. The number of hydrogen-bond donors (Lipinski definition) is 0. The van der Waals surface area contributed by atoms with Crippen molar-refractivity contribution in [3.63, 3.8) is 0 Å². The highest BCUT2D eigenvalue weighted by Crippen LogP contribution is 2.16. The van der Waals surface area contributed by atoms with Gasteiger partial charge in [0.15, 0.2) is 12.4 Å². The number of ether oxygens (including phenoxy) is 4. The van der Waals surface area contributed by atoms with E-state index < -0.39 is 24.3 Å². The van der Waals surface area contributed by atoms with Crippen LogP contribution in [-0.2, 0) is 33.3 Å². The van der Waals surface area contributed by atoms with Gasteiger partial charge in [0.25, 0.3) is 0 Å². The lowest BCUT2D eigenvalue weighted by Crippen LogP contribution is -2.44. The molecule has 0 radical (unpaired) electrons. The third-order valence-corrected chi connectivity index (χ3v) is 12.2. The third-order valence-electron chi connectivity index (χ3n) is 12.2. The average molecular weight is 971 g/mol. The van der Waals surface area contributed by atoms with E-state index in [0.717, 1.165) is 64.2 Å². The molecule has 0 spiro atoms. The second-order valence-corrected chi connectivity index (χ2v) is 20.2. The van der Waals surface area contributed by atoms with E-state index >= 15 is 0 Å². The van der Waals surface area contributed by atoms with Gasteiger partial charge in [-0.1, -0.05) is 216 Å². The minimum absolute atomic E-state index is 0.146. The lowest BCUT2D eigenvalue weighted by atomic mass is 10.0. The number of quaternary nitrogens is 1. The maximum absolute atomic E-state index is 12.9. The molecular formula is C60H107NO8. The van der Waals surface area contributed by atoms with Crippen LogP contribution in [-0.4, -0.2) is 82.3 Å². The summed E-state index contributed by atoms with van der Waals surface area (Å²) in [6, 6.07) is 0. The van der Waals surface area contributed by atoms with Gasteiger partial charge < -0.3 is 33.3 Å². The predicted molar refractivity (Wildman–Crippen MR) is 288 cm³/mol. The molecule has 0 aliphatic rings. The fourth-order valence-corrected chi connectivity index (χ4v) is 7.88. The molecule has 0 saturated heterocycles. The molecule has 0 aromatic carbocycles. The SMILES string of the molecule is CC/C=C\C/C=C\C/C=C\C/C=C\CCCCCCCCCCCCCCC(=O)OC(COC(=O)CCCCCCCCCCC/C=C\CCCCCCCC)COC(OCC[N+](C)(C)C)C(=O)[O-]. The summed E-state index contributed by atoms with van der Waals surface area (Å²) < 4.78 is 22.7. The van der Waals surface area contributed by atoms with Gasteiger partial charge in [-0.2, -0.15) is 0 Å². The molecule has 400 valence electrons. The number of allylic oxidation sites excluding steroid dienone is 10. The highest BCUT2D eigenvalue weighted by Gasteiger charge is 2.22. The molecule has 0 bridgehead atoms. The van der Waals surface area contributed by atoms with Crippen LogP contribution in [0.15, 0.2) is 60.8 Å². The van der Waals surface area contributed by atoms with Crippen molar-refractivity contribution in [2.24, 2.45) is 0 Å². The summed E-state index contributed by atoms with van der Waals surface area (Å²) in [5, 5.41) is 11.8. The first-order chi connectivity index (χ1) is 33.6. The molecule has 0 heterocycles. The Morgan fingerprint density at radius 2 is 0.826 bits per heavy atom. The molecule has 2 unspecified atom stereocenters. The van der Waals surface area contributed by atoms with Gasteiger partial charge in [0.1, 0.15) is 13.2 Å². The van der Waals surface area contributed by atoms with Gasteiger partial charge >= 0.3 is 11.9 Å². The lowest BCUT2D eigenvalue weighted by molar-refractivity contribution is -0.870. The Kier molecular flexibility index (Phi) is 49.1. The summed E-state index contributed by atoms with van der Waals surface area (Å²) in [4.78, 5) is 37.3. The number of carbonyl (C=O) groups is 3. The normalized spacial score (nSPS) is 13.2. The summed E-state index contributed by atoms with van der Waals surface area (Å²) >= 11 is 0. The number of aliphatic carboxylic acids is 1. The van der Waals surface area contributed by atoms with E-state index in [9.17, 15) is 19.5 Å². The number of carboxylic acids is 1. The number of hydrogen-bond acceptors (Lipinski definition) is 8. The zero-order valence-electron chi connectivity index (χ0n) is 45.4. The van der Waals surface area contributed by atoms with Gasteiger partial charge in [0.05, 0.1) is 40.3 Å². The topological polar surface area (TPSA) is 111 Å². The third kappa shape index (κ3) is 52.6. The first kappa shape index (κ1) is 66.0. The van der Waals surface area contributed by atoms with Gasteiger partial charge in [0.2, 0.25) is 0 Å². The van der Waals surface area contributed by atoms with Gasteiger partial charge in [-0.25, -0.2) is 0 Å². The van der Waals surface area contributed by atoms with Crippen LogP contribution >= 0.6 is 0 Å². The van der Waals surface area contributed by atoms with Crippen LogP contribution in [0.4, 0.5) is 0 Å². The zero-order valence-corrected chi connectivity index (χ0v) is 45.4. The first-order valence-corrected chi connectivity index (χ1v) is 28.4. The summed E-state index contributed by atoms with van der Waals surface area (Å²) in [5.74, 6) is -2.28. The van der Waals surface area contributed by atoms with E-state index in [1.165, 1.54) is 148 Å². The highest BCUT2D eigenvalue weighted by atomic mass is 16.7. The number of nitrogens with zero attached hydrogens (tertiary/aromatic N) is 1. The smallest absolute Gasteiger partial charge is 0.306 e. The molecule has 69 heavy (non-hydrogen) atoms. The Morgan fingerprint density at radius 3 is 1.25 bits per heavy atom. The number of unbranched alkanes of at least 4 members (excludes halogenated alkanes) is 27. The Labute approximate surface area is 425 Å². The van der Waals surface area contributed by atoms with Crippen LogP contribution in [0.25, 0.3) is 0 Å². The van der Waals surface area contributed by atoms with Crippen molar-refractivity contribution in [2.75, 3.05) is 47.5 Å². The van der Waals surface area contributed by atoms with Crippen LogP contribution in [0, 0.1) is 0 Å². The Bertz CT molecular complexity index is 1310. The molecule has 9 heteroatoms. The minimum atomic E-state index is -1.62. The number of carbonyl (C=O) groups excluding carboxylic acids is 3. The summed E-state index contributed by atoms with van der Waals surface area (Å²) in [7, 11) is 5.92. The van der Waals surface area contributed by atoms with Crippen molar-refractivity contribution in [2.45, 2.75) is 257 Å². The fourth-order valence-electron chi connectivity index (χ4n) is 7.88. The molecule has 0 fully saturated rings. The zero-order chi connectivity index (χ0) is 50.6. The van der Waals surface area contributed by atoms with E-state index in [0.29, 0.717) is 17.4 Å². The Morgan fingerprint density at radius 1 is 0.449 bits per heavy atom. The molecule has 0 rings (SSSR count). The summed E-state index contributed by atoms with van der Waals surface area (Å²) in [6.07, 6.45) is 61.1. The van der Waals surface area contributed by atoms with Crippen LogP contribution < -0.4 is 5.11 Å². The predicted octanol–water partition coefficient (Wildman–Crippen LogP) is 15.1. The van der Waals surface area contributed by atoms with Gasteiger partial charge in [0, 0.05) is 12.8 Å². The molecule has 2 atom stereocenters. The minimum Gasteiger partial charge on any atom is -0.545 e. The van der Waals surface area contributed by atoms with Gasteiger partial charge in [-0.05, 0) is 77.0 Å². The number of esters is 2. The monoisotopic (exact) mass is 970 g/mol. The summed E-state index contributed by atoms with van der Waals surface area (Å²) in [6.45, 7) is 4.65. The van der Waals surface area contributed by atoms with Crippen molar-refractivity contribution in [1.29, 1.82) is 0 Å². The second-order valence-electron chi connectivity index (χ2n) is 20.2. The number of rotatable bonds is 52. The second kappa shape index (κ2) is 51.3. The molecule has 0 aromatic rings. The maximum atomic E-state index is 12.9. The van der Waals surface area contributed by atoms with Crippen molar-refractivity contribution in [3.8, 4) is 0 Å². The first-order valence-electron chi connectivity index (χ1n) is 28.4. The molecule has 0 aromatic heterocycles. The van der Waals surface area contributed by atoms with Crippen molar-refractivity contribution < 1.29 is 42.9 Å². The molecular weight excluding hydrogens is 863 g/mol. The fraction of sp³-hybridized carbons (Fsp3) is 0.783. The molecule has 0 N–H and O–H groups in total. The molecule has 0 amide bonds. The standard InChI is InChI=1S/C60H107NO8/c1-6-8-10-12-14-16-18-20-22-24-26-27-28-29-30-31-33-35-37-39-41-43-45-47-49-51-58(63)69-56(55-68-60(59(64)65)66-53-52-61(3,4)5)54-67-57(62)50-48-46-44-42-40-38-36-34-32-25-23-21-19-17-15-13-11-9-7-2/h8,10,14,16,20-23,26-27,56,60H,6-7,9,11-13,15,17-19,24-25,28-55H2,1-5H3/b10-8-,16-14-,22-20-,23-21-,27-26-. The van der Waals surface area contributed by atoms with E-state index in [2.05, 4.69) is 74.6 Å². The maximum Gasteiger partial charge on any atom is 0.306 e. The van der Waals surface area contributed by atoms with E-state index in [-0.39, 0.29) is 38.6 Å². The Hall–Kier alpha value is -3.01. The van der Waals surface area contributed by atoms with Crippen LogP contribution in [0.3, 0.4) is 0 Å². The van der Waals surface area contributed by atoms with Crippen molar-refractivity contribution in [1.82, 2.24) is 0 Å². The highest BCUT2D eigenvalue weighted by molar-refractivity contribution is 5.70. The van der Waals surface area contributed by atoms with E-state index in [1.54, 1.807) is 0 Å². The van der Waals surface area contributed by atoms with Crippen LogP contribution in [0.2, 0.25) is 0 Å². The molecule has 9 nitrogen and oxygen atoms in total. The number of carboxylic acid groups (broad SMARTS) is 1. The Balaban J connectivity index is 4.25. The average Bonchev–Trinajstić information content (AvgIpc) is 3.31. The van der Waals surface area contributed by atoms with Gasteiger partial charge in [-0.15, -0.1) is 0 Å². The van der Waals surface area contributed by atoms with Gasteiger partial charge in [-0.3, -0.25) is 9.59 Å². The van der Waals surface area contributed by atoms with E-state index in [1.807, 2.05) is 21.1 Å². The molecule has 0 aliphatic heterocycles. The molecule has 0 aliphatic carbocycles. The quantitative estimate of drug-likeness (QED) is 0.0195. The molecule has 0 saturated carbocycles. The van der Waals surface area contributed by atoms with Crippen molar-refractivity contribution >= 4 is 17.9 Å². The number of likely N-dealkylation sites (N-methyl/N-ethyl adjacent to an activating group) is 1. The lowest BCUT2D eigenvalue weighted by Gasteiger charge is -2.26. The van der Waals surface area contributed by atoms with Crippen LogP contribution in [0.1, 0.15) is 245 Å². The van der Waals surface area contributed by atoms with E-state index in [4.69, 9.17) is 18.9 Å². The largest absolute Gasteiger partial charge is 0.545 e. The van der Waals surface area contributed by atoms with Crippen molar-refractivity contribution in [3.05, 3.63) is 60.8 Å². The van der Waals surface area contributed by atoms with Crippen LogP contribution in [0.5, 0.6) is 0 Å².